The number of carbonyl (C=O) groups is 1. The highest BCUT2D eigenvalue weighted by Crippen LogP contribution is 2.19. The smallest absolute Gasteiger partial charge is 0.330 e. The minimum Gasteiger partial charge on any atom is -0.478 e. The third-order valence-electron chi connectivity index (χ3n) is 2.07. The fraction of sp³-hybridized carbons (Fsp3) is 0.0833. The number of amidine groups is 1. The molecule has 2 rings (SSSR count). The van der Waals surface area contributed by atoms with E-state index in [1.165, 1.54) is 11.8 Å². The van der Waals surface area contributed by atoms with Crippen molar-refractivity contribution >= 4 is 29.1 Å². The molecule has 92 valence electrons. The Labute approximate surface area is 108 Å². The molecule has 18 heavy (non-hydrogen) atoms. The van der Waals surface area contributed by atoms with Crippen LogP contribution < -0.4 is 5.43 Å². The number of rotatable bonds is 3. The van der Waals surface area contributed by atoms with Gasteiger partial charge in [0.2, 0.25) is 0 Å². The average Bonchev–Trinajstić information content (AvgIpc) is 2.77. The first-order chi connectivity index (χ1) is 8.74. The fourth-order valence-electron chi connectivity index (χ4n) is 1.31. The predicted octanol–water partition coefficient (Wildman–Crippen LogP) is 1.68. The molecule has 1 aliphatic heterocycles. The van der Waals surface area contributed by atoms with Gasteiger partial charge >= 0.3 is 5.97 Å². The van der Waals surface area contributed by atoms with Gasteiger partial charge in [-0.2, -0.15) is 5.10 Å². The van der Waals surface area contributed by atoms with Crippen molar-refractivity contribution in [3.63, 3.8) is 0 Å². The summed E-state index contributed by atoms with van der Waals surface area (Å²) >= 11 is 1.42. The van der Waals surface area contributed by atoms with E-state index in [-0.39, 0.29) is 0 Å². The number of hydrogen-bond donors (Lipinski definition) is 2. The van der Waals surface area contributed by atoms with E-state index in [1.54, 1.807) is 6.21 Å². The van der Waals surface area contributed by atoms with E-state index >= 15 is 0 Å². The van der Waals surface area contributed by atoms with Crippen molar-refractivity contribution < 1.29 is 9.90 Å². The number of benzene rings is 1. The van der Waals surface area contributed by atoms with Crippen LogP contribution in [0.5, 0.6) is 0 Å². The number of thioether (sulfide) groups is 1. The van der Waals surface area contributed by atoms with Gasteiger partial charge in [-0.15, -0.1) is 0 Å². The summed E-state index contributed by atoms with van der Waals surface area (Å²) in [5, 5.41) is 13.2. The van der Waals surface area contributed by atoms with Gasteiger partial charge in [-0.05, 0) is 5.56 Å². The Morgan fingerprint density at radius 3 is 2.94 bits per heavy atom. The molecule has 6 heteroatoms. The summed E-state index contributed by atoms with van der Waals surface area (Å²) in [5.74, 6) is -0.432. The summed E-state index contributed by atoms with van der Waals surface area (Å²) in [6.07, 6.45) is 2.78. The van der Waals surface area contributed by atoms with E-state index in [4.69, 9.17) is 5.11 Å². The van der Waals surface area contributed by atoms with Gasteiger partial charge in [-0.3, -0.25) is 5.43 Å². The van der Waals surface area contributed by atoms with Crippen LogP contribution in [0.15, 0.2) is 52.2 Å². The lowest BCUT2D eigenvalue weighted by atomic mass is 10.2. The molecule has 0 saturated heterocycles. The van der Waals surface area contributed by atoms with Crippen molar-refractivity contribution in [1.29, 1.82) is 0 Å². The Balaban J connectivity index is 1.92. The molecule has 0 atom stereocenters. The van der Waals surface area contributed by atoms with Gasteiger partial charge in [0.05, 0.1) is 11.9 Å². The lowest BCUT2D eigenvalue weighted by Gasteiger charge is -1.95. The van der Waals surface area contributed by atoms with Crippen molar-refractivity contribution in [3.05, 3.63) is 47.7 Å². The summed E-state index contributed by atoms with van der Waals surface area (Å²) in [7, 11) is 0. The van der Waals surface area contributed by atoms with Crippen molar-refractivity contribution in [2.24, 2.45) is 10.1 Å². The van der Waals surface area contributed by atoms with E-state index in [9.17, 15) is 4.79 Å². The molecule has 0 fully saturated rings. The number of aliphatic carboxylic acids is 1. The van der Waals surface area contributed by atoms with Crippen LogP contribution in [0.25, 0.3) is 0 Å². The first kappa shape index (κ1) is 12.4. The number of carboxylic acids is 1. The molecule has 1 aromatic carbocycles. The Morgan fingerprint density at radius 1 is 1.44 bits per heavy atom. The van der Waals surface area contributed by atoms with Gasteiger partial charge in [-0.25, -0.2) is 9.79 Å². The zero-order chi connectivity index (χ0) is 12.8. The monoisotopic (exact) mass is 261 g/mol. The van der Waals surface area contributed by atoms with Gasteiger partial charge < -0.3 is 5.11 Å². The maximum atomic E-state index is 10.5. The van der Waals surface area contributed by atoms with Crippen LogP contribution in [0, 0.1) is 0 Å². The standard InChI is InChI=1S/C12H11N3O2S/c16-11(17)6-10-8-18-12(14-10)15-13-7-9-4-2-1-3-5-9/h1-7H,8H2,(H,14,15)(H,16,17). The normalized spacial score (nSPS) is 17.1. The lowest BCUT2D eigenvalue weighted by molar-refractivity contribution is -0.131. The third-order valence-corrected chi connectivity index (χ3v) is 2.96. The molecule has 1 heterocycles. The summed E-state index contributed by atoms with van der Waals surface area (Å²) in [4.78, 5) is 14.6. The molecule has 0 amide bonds. The molecule has 0 saturated carbocycles. The highest BCUT2D eigenvalue weighted by atomic mass is 32.2. The van der Waals surface area contributed by atoms with Gasteiger partial charge in [-0.1, -0.05) is 42.1 Å². The van der Waals surface area contributed by atoms with E-state index in [0.29, 0.717) is 16.6 Å². The third kappa shape index (κ3) is 3.74. The van der Waals surface area contributed by atoms with Crippen LogP contribution in [0.2, 0.25) is 0 Å². The molecular formula is C12H11N3O2S. The maximum Gasteiger partial charge on any atom is 0.330 e. The number of carboxylic acid groups (broad SMARTS) is 1. The minimum absolute atomic E-state index is 0.532. The van der Waals surface area contributed by atoms with E-state index < -0.39 is 5.97 Å². The van der Waals surface area contributed by atoms with E-state index in [2.05, 4.69) is 15.5 Å². The SMILES string of the molecule is O=C(O)C=C1CSC(NN=Cc2ccccc2)=N1. The summed E-state index contributed by atoms with van der Waals surface area (Å²) in [6.45, 7) is 0. The molecule has 0 bridgehead atoms. The predicted molar refractivity (Wildman–Crippen MR) is 72.8 cm³/mol. The van der Waals surface area contributed by atoms with E-state index in [1.807, 2.05) is 30.3 Å². The Hall–Kier alpha value is -2.08. The Morgan fingerprint density at radius 2 is 2.22 bits per heavy atom. The largest absolute Gasteiger partial charge is 0.478 e. The first-order valence-electron chi connectivity index (χ1n) is 5.23. The molecule has 0 unspecified atom stereocenters. The fourth-order valence-corrected chi connectivity index (χ4v) is 2.04. The molecular weight excluding hydrogens is 250 g/mol. The average molecular weight is 261 g/mol. The van der Waals surface area contributed by atoms with Gasteiger partial charge in [0, 0.05) is 11.8 Å². The van der Waals surface area contributed by atoms with Crippen LogP contribution >= 0.6 is 11.8 Å². The lowest BCUT2D eigenvalue weighted by Crippen LogP contribution is -2.11. The molecule has 1 aliphatic rings. The van der Waals surface area contributed by atoms with Crippen LogP contribution in [0.1, 0.15) is 5.56 Å². The van der Waals surface area contributed by atoms with Gasteiger partial charge in [0.1, 0.15) is 0 Å². The number of nitrogens with zero attached hydrogens (tertiary/aromatic N) is 2. The Bertz CT molecular complexity index is 523. The molecule has 0 aromatic heterocycles. The number of hydrazone groups is 1. The quantitative estimate of drug-likeness (QED) is 0.493. The zero-order valence-electron chi connectivity index (χ0n) is 9.41. The Kier molecular flexibility index (Phi) is 4.14. The number of nitrogens with one attached hydrogen (secondary N) is 1. The molecule has 2 N–H and O–H groups in total. The van der Waals surface area contributed by atoms with Crippen LogP contribution in [-0.2, 0) is 4.79 Å². The summed E-state index contributed by atoms with van der Waals surface area (Å²) < 4.78 is 0. The van der Waals surface area contributed by atoms with Gasteiger partial charge in [0.25, 0.3) is 0 Å². The van der Waals surface area contributed by atoms with Crippen molar-refractivity contribution in [3.8, 4) is 0 Å². The van der Waals surface area contributed by atoms with Crippen molar-refractivity contribution in [2.75, 3.05) is 5.75 Å². The zero-order valence-corrected chi connectivity index (χ0v) is 10.2. The van der Waals surface area contributed by atoms with Crippen LogP contribution in [0.3, 0.4) is 0 Å². The molecule has 0 radical (unpaired) electrons. The molecule has 5 nitrogen and oxygen atoms in total. The second-order valence-electron chi connectivity index (χ2n) is 3.46. The second-order valence-corrected chi connectivity index (χ2v) is 4.42. The summed E-state index contributed by atoms with van der Waals surface area (Å²) in [5.41, 5.74) is 4.30. The molecule has 1 aromatic rings. The number of aliphatic imine (C=N–C) groups is 1. The van der Waals surface area contributed by atoms with Crippen LogP contribution in [-0.4, -0.2) is 28.2 Å². The minimum atomic E-state index is -0.983. The first-order valence-corrected chi connectivity index (χ1v) is 6.22. The maximum absolute atomic E-state index is 10.5. The summed E-state index contributed by atoms with van der Waals surface area (Å²) in [6, 6.07) is 9.66. The molecule has 0 aliphatic carbocycles. The highest BCUT2D eigenvalue weighted by molar-refractivity contribution is 8.14. The van der Waals surface area contributed by atoms with Crippen molar-refractivity contribution in [2.45, 2.75) is 0 Å². The highest BCUT2D eigenvalue weighted by Gasteiger charge is 2.12. The number of hydrogen-bond acceptors (Lipinski definition) is 5. The van der Waals surface area contributed by atoms with Gasteiger partial charge in [0.15, 0.2) is 5.17 Å². The topological polar surface area (TPSA) is 74.0 Å². The van der Waals surface area contributed by atoms with E-state index in [0.717, 1.165) is 11.6 Å². The second kappa shape index (κ2) is 6.02. The molecule has 0 spiro atoms. The van der Waals surface area contributed by atoms with Crippen LogP contribution in [0.4, 0.5) is 0 Å². The van der Waals surface area contributed by atoms with Crippen molar-refractivity contribution in [1.82, 2.24) is 5.43 Å².